The minimum absolute atomic E-state index is 0.106. The lowest BCUT2D eigenvalue weighted by Gasteiger charge is -2.24. The van der Waals surface area contributed by atoms with Crippen molar-refractivity contribution >= 4 is 17.3 Å². The van der Waals surface area contributed by atoms with Crippen LogP contribution in [0.15, 0.2) is 18.2 Å². The highest BCUT2D eigenvalue weighted by Gasteiger charge is 2.18. The van der Waals surface area contributed by atoms with E-state index in [9.17, 15) is 4.79 Å². The van der Waals surface area contributed by atoms with Crippen molar-refractivity contribution in [1.82, 2.24) is 4.90 Å². The summed E-state index contributed by atoms with van der Waals surface area (Å²) in [5, 5.41) is 2.83. The van der Waals surface area contributed by atoms with Crippen molar-refractivity contribution in [3.8, 4) is 5.75 Å². The molecular weight excluding hydrogens is 270 g/mol. The summed E-state index contributed by atoms with van der Waals surface area (Å²) in [6.07, 6.45) is 0. The number of rotatable bonds is 8. The average molecular weight is 295 g/mol. The van der Waals surface area contributed by atoms with Crippen LogP contribution in [-0.4, -0.2) is 50.8 Å². The number of carbonyl (C=O) groups excluding carboxylic acids is 1. The average Bonchev–Trinajstić information content (AvgIpc) is 2.48. The summed E-state index contributed by atoms with van der Waals surface area (Å²) in [5.74, 6) is 0.554. The van der Waals surface area contributed by atoms with Gasteiger partial charge in [0.25, 0.3) is 0 Å². The van der Waals surface area contributed by atoms with E-state index in [0.717, 1.165) is 0 Å². The first-order valence-electron chi connectivity index (χ1n) is 7.02. The highest BCUT2D eigenvalue weighted by Crippen LogP contribution is 2.24. The van der Waals surface area contributed by atoms with Gasteiger partial charge < -0.3 is 20.5 Å². The molecule has 1 aromatic carbocycles. The Bertz CT molecular complexity index is 465. The number of carbonyl (C=O) groups is 1. The number of hydrogen-bond acceptors (Lipinski definition) is 5. The van der Waals surface area contributed by atoms with Crippen molar-refractivity contribution < 1.29 is 14.3 Å². The summed E-state index contributed by atoms with van der Waals surface area (Å²) < 4.78 is 10.4. The second kappa shape index (κ2) is 8.49. The van der Waals surface area contributed by atoms with Crippen LogP contribution >= 0.6 is 0 Å². The summed E-state index contributed by atoms with van der Waals surface area (Å²) in [7, 11) is 3.46. The lowest BCUT2D eigenvalue weighted by Crippen LogP contribution is -2.41. The maximum atomic E-state index is 12.2. The lowest BCUT2D eigenvalue weighted by molar-refractivity contribution is -0.120. The molecule has 0 heterocycles. The molecule has 1 unspecified atom stereocenters. The third-order valence-corrected chi connectivity index (χ3v) is 3.35. The van der Waals surface area contributed by atoms with Crippen LogP contribution in [0, 0.1) is 0 Å². The Morgan fingerprint density at radius 3 is 2.76 bits per heavy atom. The number of methoxy groups -OCH3 is 1. The molecule has 0 aliphatic carbocycles. The van der Waals surface area contributed by atoms with Gasteiger partial charge in [0.1, 0.15) is 5.75 Å². The van der Waals surface area contributed by atoms with Gasteiger partial charge in [0.05, 0.1) is 31.1 Å². The van der Waals surface area contributed by atoms with Gasteiger partial charge in [0, 0.05) is 19.2 Å². The molecule has 1 aromatic rings. The molecule has 21 heavy (non-hydrogen) atoms. The van der Waals surface area contributed by atoms with Crippen molar-refractivity contribution in [2.75, 3.05) is 45.0 Å². The summed E-state index contributed by atoms with van der Waals surface area (Å²) in [6, 6.07) is 4.90. The van der Waals surface area contributed by atoms with Gasteiger partial charge in [-0.25, -0.2) is 0 Å². The molecule has 3 N–H and O–H groups in total. The van der Waals surface area contributed by atoms with Crippen LogP contribution in [0.4, 0.5) is 11.4 Å². The molecule has 6 heteroatoms. The Labute approximate surface area is 126 Å². The molecule has 1 rings (SSSR count). The molecule has 0 bridgehead atoms. The fourth-order valence-electron chi connectivity index (χ4n) is 1.77. The Morgan fingerprint density at radius 2 is 2.19 bits per heavy atom. The summed E-state index contributed by atoms with van der Waals surface area (Å²) in [6.45, 7) is 5.77. The first kappa shape index (κ1) is 17.3. The van der Waals surface area contributed by atoms with Crippen LogP contribution < -0.4 is 15.8 Å². The van der Waals surface area contributed by atoms with E-state index >= 15 is 0 Å². The van der Waals surface area contributed by atoms with Crippen LogP contribution in [0.2, 0.25) is 0 Å². The number of nitrogen functional groups attached to an aromatic ring is 1. The van der Waals surface area contributed by atoms with Crippen molar-refractivity contribution in [2.45, 2.75) is 19.9 Å². The SMILES string of the molecule is CCOCCN(C)C(C)C(=O)Nc1ccc(OC)cc1N. The molecule has 0 aromatic heterocycles. The minimum atomic E-state index is -0.271. The normalized spacial score (nSPS) is 12.2. The number of likely N-dealkylation sites (N-methyl/N-ethyl adjacent to an activating group) is 1. The minimum Gasteiger partial charge on any atom is -0.497 e. The van der Waals surface area contributed by atoms with E-state index in [1.165, 1.54) is 0 Å². The first-order chi connectivity index (χ1) is 9.99. The summed E-state index contributed by atoms with van der Waals surface area (Å²) >= 11 is 0. The van der Waals surface area contributed by atoms with E-state index in [1.807, 2.05) is 25.8 Å². The smallest absolute Gasteiger partial charge is 0.241 e. The zero-order valence-corrected chi connectivity index (χ0v) is 13.2. The Kier molecular flexibility index (Phi) is 6.98. The number of nitrogens with zero attached hydrogens (tertiary/aromatic N) is 1. The van der Waals surface area contributed by atoms with Gasteiger partial charge in [-0.15, -0.1) is 0 Å². The van der Waals surface area contributed by atoms with Crippen molar-refractivity contribution in [3.05, 3.63) is 18.2 Å². The predicted molar refractivity (Wildman–Crippen MR) is 84.6 cm³/mol. The first-order valence-corrected chi connectivity index (χ1v) is 7.02. The zero-order chi connectivity index (χ0) is 15.8. The van der Waals surface area contributed by atoms with E-state index < -0.39 is 0 Å². The molecule has 118 valence electrons. The standard InChI is InChI=1S/C15H25N3O3/c1-5-21-9-8-18(3)11(2)15(19)17-14-7-6-12(20-4)10-13(14)16/h6-7,10-11H,5,8-9,16H2,1-4H3,(H,17,19). The molecular formula is C15H25N3O3. The van der Waals surface area contributed by atoms with Crippen LogP contribution in [-0.2, 0) is 9.53 Å². The van der Waals surface area contributed by atoms with Gasteiger partial charge in [0.15, 0.2) is 0 Å². The van der Waals surface area contributed by atoms with Crippen molar-refractivity contribution in [2.24, 2.45) is 0 Å². The molecule has 0 aliphatic heterocycles. The number of nitrogens with one attached hydrogen (secondary N) is 1. The van der Waals surface area contributed by atoms with Gasteiger partial charge >= 0.3 is 0 Å². The summed E-state index contributed by atoms with van der Waals surface area (Å²) in [5.41, 5.74) is 6.96. The van der Waals surface area contributed by atoms with Gasteiger partial charge in [-0.05, 0) is 33.0 Å². The molecule has 1 atom stereocenters. The molecule has 6 nitrogen and oxygen atoms in total. The van der Waals surface area contributed by atoms with E-state index in [2.05, 4.69) is 5.32 Å². The fourth-order valence-corrected chi connectivity index (χ4v) is 1.77. The number of hydrogen-bond donors (Lipinski definition) is 2. The fraction of sp³-hybridized carbons (Fsp3) is 0.533. The van der Waals surface area contributed by atoms with Crippen LogP contribution in [0.25, 0.3) is 0 Å². The van der Waals surface area contributed by atoms with Gasteiger partial charge in [-0.1, -0.05) is 0 Å². The van der Waals surface area contributed by atoms with Crippen molar-refractivity contribution in [1.29, 1.82) is 0 Å². The molecule has 0 spiro atoms. The lowest BCUT2D eigenvalue weighted by atomic mass is 10.2. The van der Waals surface area contributed by atoms with Gasteiger partial charge in [0.2, 0.25) is 5.91 Å². The predicted octanol–water partition coefficient (Wildman–Crippen LogP) is 1.57. The second-order valence-electron chi connectivity index (χ2n) is 4.80. The molecule has 0 fully saturated rings. The Hall–Kier alpha value is -1.79. The zero-order valence-electron chi connectivity index (χ0n) is 13.2. The molecule has 0 radical (unpaired) electrons. The summed E-state index contributed by atoms with van der Waals surface area (Å²) in [4.78, 5) is 14.1. The third-order valence-electron chi connectivity index (χ3n) is 3.35. The van der Waals surface area contributed by atoms with Gasteiger partial charge in [-0.3, -0.25) is 9.69 Å². The molecule has 0 saturated carbocycles. The van der Waals surface area contributed by atoms with Crippen molar-refractivity contribution in [3.63, 3.8) is 0 Å². The van der Waals surface area contributed by atoms with Crippen LogP contribution in [0.5, 0.6) is 5.75 Å². The van der Waals surface area contributed by atoms with Crippen LogP contribution in [0.1, 0.15) is 13.8 Å². The number of amides is 1. The highest BCUT2D eigenvalue weighted by atomic mass is 16.5. The monoisotopic (exact) mass is 295 g/mol. The Morgan fingerprint density at radius 1 is 1.48 bits per heavy atom. The molecule has 1 amide bonds. The largest absolute Gasteiger partial charge is 0.497 e. The van der Waals surface area contributed by atoms with E-state index in [0.29, 0.717) is 36.9 Å². The number of nitrogens with two attached hydrogens (primary N) is 1. The number of benzene rings is 1. The van der Waals surface area contributed by atoms with E-state index in [4.69, 9.17) is 15.2 Å². The second-order valence-corrected chi connectivity index (χ2v) is 4.80. The highest BCUT2D eigenvalue weighted by molar-refractivity contribution is 5.97. The van der Waals surface area contributed by atoms with E-state index in [1.54, 1.807) is 25.3 Å². The number of ether oxygens (including phenoxy) is 2. The Balaban J connectivity index is 2.59. The van der Waals surface area contributed by atoms with E-state index in [-0.39, 0.29) is 11.9 Å². The maximum absolute atomic E-state index is 12.2. The number of anilines is 2. The molecule has 0 saturated heterocycles. The topological polar surface area (TPSA) is 76.8 Å². The third kappa shape index (κ3) is 5.24. The maximum Gasteiger partial charge on any atom is 0.241 e. The quantitative estimate of drug-likeness (QED) is 0.562. The van der Waals surface area contributed by atoms with Gasteiger partial charge in [-0.2, -0.15) is 0 Å². The molecule has 0 aliphatic rings. The van der Waals surface area contributed by atoms with Crippen LogP contribution in [0.3, 0.4) is 0 Å².